The highest BCUT2D eigenvalue weighted by Crippen LogP contribution is 2.18. The lowest BCUT2D eigenvalue weighted by molar-refractivity contribution is 0.240. The maximum Gasteiger partial charge on any atom is 0.315 e. The van der Waals surface area contributed by atoms with E-state index in [1.165, 1.54) is 0 Å². The molecule has 0 bridgehead atoms. The van der Waals surface area contributed by atoms with Gasteiger partial charge < -0.3 is 10.6 Å². The molecule has 76 valence electrons. The highest BCUT2D eigenvalue weighted by atomic mass is 32.2. The first-order valence-corrected chi connectivity index (χ1v) is 6.08. The summed E-state index contributed by atoms with van der Waals surface area (Å²) in [5.41, 5.74) is 0. The Morgan fingerprint density at radius 1 is 1.62 bits per heavy atom. The topological polar surface area (TPSA) is 58.2 Å². The van der Waals surface area contributed by atoms with Gasteiger partial charge in [0.25, 0.3) is 0 Å². The van der Waals surface area contributed by atoms with Crippen molar-refractivity contribution in [3.05, 3.63) is 0 Å². The number of urea groups is 1. The zero-order valence-corrected chi connectivity index (χ0v) is 8.82. The zero-order valence-electron chi connectivity index (χ0n) is 8.00. The van der Waals surface area contributed by atoms with Crippen LogP contribution in [0.3, 0.4) is 0 Å². The second-order valence-electron chi connectivity index (χ2n) is 3.44. The average Bonchev–Trinajstić information content (AvgIpc) is 2.83. The smallest absolute Gasteiger partial charge is 0.315 e. The zero-order chi connectivity index (χ0) is 9.84. The van der Waals surface area contributed by atoms with Gasteiger partial charge >= 0.3 is 6.03 Å². The number of carbonyl (C=O) groups excluding carboxylic acids is 1. The van der Waals surface area contributed by atoms with E-state index in [0.717, 1.165) is 12.8 Å². The van der Waals surface area contributed by atoms with Crippen LogP contribution in [0.4, 0.5) is 4.79 Å². The van der Waals surface area contributed by atoms with Crippen LogP contribution in [0.5, 0.6) is 0 Å². The molecule has 13 heavy (non-hydrogen) atoms. The van der Waals surface area contributed by atoms with Crippen molar-refractivity contribution < 1.29 is 9.00 Å². The molecule has 0 aliphatic heterocycles. The van der Waals surface area contributed by atoms with Crippen LogP contribution in [0.15, 0.2) is 0 Å². The SMILES string of the molecule is CC(CNC(=O)NC1CC1)S(C)=O. The van der Waals surface area contributed by atoms with Crippen molar-refractivity contribution >= 4 is 16.8 Å². The fourth-order valence-corrected chi connectivity index (χ4v) is 1.14. The Hall–Kier alpha value is -0.580. The Balaban J connectivity index is 2.09. The summed E-state index contributed by atoms with van der Waals surface area (Å²) in [6, 6.07) is 0.238. The molecule has 1 saturated carbocycles. The summed E-state index contributed by atoms with van der Waals surface area (Å²) in [4.78, 5) is 11.1. The lowest BCUT2D eigenvalue weighted by Crippen LogP contribution is -2.40. The van der Waals surface area contributed by atoms with E-state index >= 15 is 0 Å². The predicted octanol–water partition coefficient (Wildman–Crippen LogP) is 0.215. The van der Waals surface area contributed by atoms with Gasteiger partial charge in [0.2, 0.25) is 0 Å². The average molecular weight is 204 g/mol. The summed E-state index contributed by atoms with van der Waals surface area (Å²) < 4.78 is 10.9. The van der Waals surface area contributed by atoms with Crippen molar-refractivity contribution in [2.75, 3.05) is 12.8 Å². The van der Waals surface area contributed by atoms with Gasteiger partial charge in [0, 0.05) is 34.9 Å². The third-order valence-electron chi connectivity index (χ3n) is 2.03. The number of rotatable bonds is 4. The molecule has 0 radical (unpaired) electrons. The molecule has 0 aromatic carbocycles. The molecule has 1 fully saturated rings. The number of hydrogen-bond acceptors (Lipinski definition) is 2. The Labute approximate surface area is 80.9 Å². The van der Waals surface area contributed by atoms with Crippen LogP contribution in [0, 0.1) is 0 Å². The first-order chi connectivity index (χ1) is 6.09. The summed E-state index contributed by atoms with van der Waals surface area (Å²) in [5, 5.41) is 5.51. The largest absolute Gasteiger partial charge is 0.337 e. The lowest BCUT2D eigenvalue weighted by Gasteiger charge is -2.10. The lowest BCUT2D eigenvalue weighted by atomic mass is 10.5. The van der Waals surface area contributed by atoms with Crippen molar-refractivity contribution in [1.82, 2.24) is 10.6 Å². The highest BCUT2D eigenvalue weighted by Gasteiger charge is 2.23. The van der Waals surface area contributed by atoms with Crippen LogP contribution in [-0.4, -0.2) is 34.3 Å². The molecular weight excluding hydrogens is 188 g/mol. The summed E-state index contributed by atoms with van der Waals surface area (Å²) in [5.74, 6) is 0. The van der Waals surface area contributed by atoms with Crippen molar-refractivity contribution in [2.45, 2.75) is 31.1 Å². The number of amides is 2. The number of nitrogens with one attached hydrogen (secondary N) is 2. The quantitative estimate of drug-likeness (QED) is 0.688. The molecule has 2 amide bonds. The molecule has 0 heterocycles. The summed E-state index contributed by atoms with van der Waals surface area (Å²) >= 11 is 0. The Bertz CT molecular complexity index is 216. The van der Waals surface area contributed by atoms with Crippen LogP contribution < -0.4 is 10.6 Å². The molecule has 2 N–H and O–H groups in total. The van der Waals surface area contributed by atoms with Gasteiger partial charge in [0.1, 0.15) is 0 Å². The molecule has 2 atom stereocenters. The van der Waals surface area contributed by atoms with Gasteiger partial charge in [-0.05, 0) is 19.8 Å². The molecule has 4 nitrogen and oxygen atoms in total. The Morgan fingerprint density at radius 3 is 2.69 bits per heavy atom. The first-order valence-electron chi connectivity index (χ1n) is 4.46. The normalized spacial score (nSPS) is 20.5. The van der Waals surface area contributed by atoms with E-state index in [0.29, 0.717) is 12.6 Å². The summed E-state index contributed by atoms with van der Waals surface area (Å²) in [6.45, 7) is 2.33. The van der Waals surface area contributed by atoms with Crippen LogP contribution in [0.2, 0.25) is 0 Å². The second-order valence-corrected chi connectivity index (χ2v) is 5.24. The van der Waals surface area contributed by atoms with Gasteiger partial charge in [-0.15, -0.1) is 0 Å². The van der Waals surface area contributed by atoms with E-state index in [9.17, 15) is 9.00 Å². The summed E-state index contributed by atoms with van der Waals surface area (Å²) in [6.07, 6.45) is 3.82. The van der Waals surface area contributed by atoms with E-state index < -0.39 is 10.8 Å². The predicted molar refractivity (Wildman–Crippen MR) is 53.1 cm³/mol. The molecule has 1 rings (SSSR count). The van der Waals surface area contributed by atoms with Gasteiger partial charge in [0.05, 0.1) is 0 Å². The molecular formula is C8H16N2O2S. The third kappa shape index (κ3) is 4.26. The maximum absolute atomic E-state index is 11.1. The summed E-state index contributed by atoms with van der Waals surface area (Å²) in [7, 11) is -0.866. The van der Waals surface area contributed by atoms with E-state index in [1.807, 2.05) is 6.92 Å². The van der Waals surface area contributed by atoms with E-state index in [-0.39, 0.29) is 11.3 Å². The van der Waals surface area contributed by atoms with E-state index in [2.05, 4.69) is 10.6 Å². The van der Waals surface area contributed by atoms with Crippen LogP contribution in [-0.2, 0) is 10.8 Å². The molecule has 2 unspecified atom stereocenters. The van der Waals surface area contributed by atoms with Crippen molar-refractivity contribution in [2.24, 2.45) is 0 Å². The third-order valence-corrected chi connectivity index (χ3v) is 3.33. The van der Waals surface area contributed by atoms with Crippen LogP contribution in [0.25, 0.3) is 0 Å². The van der Waals surface area contributed by atoms with Gasteiger partial charge in [-0.2, -0.15) is 0 Å². The minimum atomic E-state index is -0.866. The van der Waals surface area contributed by atoms with E-state index in [4.69, 9.17) is 0 Å². The Kier molecular flexibility index (Phi) is 3.71. The molecule has 1 aliphatic carbocycles. The number of carbonyl (C=O) groups is 1. The molecule has 1 aliphatic rings. The minimum absolute atomic E-state index is 0.0185. The standard InChI is InChI=1S/C8H16N2O2S/c1-6(13(2)12)5-9-8(11)10-7-3-4-7/h6-7H,3-5H2,1-2H3,(H2,9,10,11). The van der Waals surface area contributed by atoms with Crippen LogP contribution in [0.1, 0.15) is 19.8 Å². The molecule has 0 spiro atoms. The monoisotopic (exact) mass is 204 g/mol. The molecule has 0 saturated heterocycles. The van der Waals surface area contributed by atoms with Crippen molar-refractivity contribution in [3.8, 4) is 0 Å². The van der Waals surface area contributed by atoms with Gasteiger partial charge in [-0.1, -0.05) is 0 Å². The number of hydrogen-bond donors (Lipinski definition) is 2. The van der Waals surface area contributed by atoms with Gasteiger partial charge in [-0.3, -0.25) is 4.21 Å². The molecule has 0 aromatic rings. The van der Waals surface area contributed by atoms with Crippen LogP contribution >= 0.6 is 0 Å². The van der Waals surface area contributed by atoms with E-state index in [1.54, 1.807) is 6.26 Å². The van der Waals surface area contributed by atoms with Gasteiger partial charge in [-0.25, -0.2) is 4.79 Å². The minimum Gasteiger partial charge on any atom is -0.337 e. The highest BCUT2D eigenvalue weighted by molar-refractivity contribution is 7.84. The fourth-order valence-electron chi connectivity index (χ4n) is 0.818. The van der Waals surface area contributed by atoms with Crippen molar-refractivity contribution in [1.29, 1.82) is 0 Å². The molecule has 5 heteroatoms. The molecule has 0 aromatic heterocycles. The first kappa shape index (κ1) is 10.5. The second kappa shape index (κ2) is 4.60. The van der Waals surface area contributed by atoms with Crippen molar-refractivity contribution in [3.63, 3.8) is 0 Å². The van der Waals surface area contributed by atoms with Gasteiger partial charge in [0.15, 0.2) is 0 Å². The maximum atomic E-state index is 11.1. The Morgan fingerprint density at radius 2 is 2.23 bits per heavy atom. The fraction of sp³-hybridized carbons (Fsp3) is 0.875.